The van der Waals surface area contributed by atoms with Gasteiger partial charge in [0.1, 0.15) is 0 Å². The van der Waals surface area contributed by atoms with E-state index in [2.05, 4.69) is 65.0 Å². The third-order valence-corrected chi connectivity index (χ3v) is 4.53. The van der Waals surface area contributed by atoms with E-state index in [1.807, 2.05) is 12.1 Å². The molecule has 1 aliphatic rings. The Morgan fingerprint density at radius 2 is 1.54 bits per heavy atom. The van der Waals surface area contributed by atoms with Gasteiger partial charge in [-0.15, -0.1) is 24.0 Å². The van der Waals surface area contributed by atoms with E-state index < -0.39 is 0 Å². The normalized spacial score (nSPS) is 12.3. The van der Waals surface area contributed by atoms with Crippen molar-refractivity contribution < 1.29 is 9.47 Å². The van der Waals surface area contributed by atoms with Gasteiger partial charge in [0.25, 0.3) is 0 Å². The average Bonchev–Trinajstić information content (AvgIpc) is 3.15. The van der Waals surface area contributed by atoms with Crippen LogP contribution in [0, 0.1) is 0 Å². The van der Waals surface area contributed by atoms with Crippen LogP contribution < -0.4 is 25.0 Å². The highest BCUT2D eigenvalue weighted by molar-refractivity contribution is 14.0. The van der Waals surface area contributed by atoms with Crippen molar-refractivity contribution in [2.75, 3.05) is 45.9 Å². The molecule has 0 aromatic heterocycles. The lowest BCUT2D eigenvalue weighted by atomic mass is 10.1. The van der Waals surface area contributed by atoms with Gasteiger partial charge < -0.3 is 25.0 Å². The van der Waals surface area contributed by atoms with Crippen LogP contribution in [-0.4, -0.2) is 47.0 Å². The van der Waals surface area contributed by atoms with Crippen molar-refractivity contribution in [3.05, 3.63) is 53.6 Å². The number of aliphatic imine (C=N–C) groups is 1. The molecule has 0 saturated heterocycles. The summed E-state index contributed by atoms with van der Waals surface area (Å²) in [5.74, 6) is 2.47. The number of rotatable bonds is 7. The predicted molar refractivity (Wildman–Crippen MR) is 126 cm³/mol. The smallest absolute Gasteiger partial charge is 0.231 e. The number of fused-ring (bicyclic) bond motifs is 1. The lowest BCUT2D eigenvalue weighted by Crippen LogP contribution is -2.39. The lowest BCUT2D eigenvalue weighted by molar-refractivity contribution is 0.174. The molecule has 0 atom stereocenters. The van der Waals surface area contributed by atoms with Crippen LogP contribution in [0.5, 0.6) is 11.5 Å². The summed E-state index contributed by atoms with van der Waals surface area (Å²) in [6, 6.07) is 14.7. The van der Waals surface area contributed by atoms with Crippen molar-refractivity contribution in [1.29, 1.82) is 0 Å². The molecule has 0 radical (unpaired) electrons. The van der Waals surface area contributed by atoms with Crippen molar-refractivity contribution in [2.45, 2.75) is 12.8 Å². The molecular weight excluding hydrogens is 467 g/mol. The van der Waals surface area contributed by atoms with Crippen LogP contribution in [0.2, 0.25) is 0 Å². The Morgan fingerprint density at radius 1 is 0.929 bits per heavy atom. The van der Waals surface area contributed by atoms with Gasteiger partial charge in [0.15, 0.2) is 17.5 Å². The van der Waals surface area contributed by atoms with Gasteiger partial charge in [-0.2, -0.15) is 0 Å². The second-order valence-corrected chi connectivity index (χ2v) is 6.67. The Kier molecular flexibility index (Phi) is 8.69. The predicted octanol–water partition coefficient (Wildman–Crippen LogP) is 3.05. The van der Waals surface area contributed by atoms with Crippen LogP contribution in [0.3, 0.4) is 0 Å². The molecule has 2 N–H and O–H groups in total. The standard InChI is InChI=1S/C21H28N4O2.HI/c1-22-21(23-12-10-16-4-7-18(8-5-16)25(2)3)24-13-11-17-6-9-19-20(14-17)27-15-26-19;/h4-9,14H,10-13,15H2,1-3H3,(H2,22,23,24);1H. The molecule has 28 heavy (non-hydrogen) atoms. The van der Waals surface area contributed by atoms with E-state index in [9.17, 15) is 0 Å². The highest BCUT2D eigenvalue weighted by Crippen LogP contribution is 2.32. The van der Waals surface area contributed by atoms with Crippen molar-refractivity contribution in [1.82, 2.24) is 10.6 Å². The molecule has 6 nitrogen and oxygen atoms in total. The molecular formula is C21H29IN4O2. The van der Waals surface area contributed by atoms with Gasteiger partial charge >= 0.3 is 0 Å². The van der Waals surface area contributed by atoms with Crippen LogP contribution in [-0.2, 0) is 12.8 Å². The van der Waals surface area contributed by atoms with E-state index in [0.717, 1.165) is 43.4 Å². The highest BCUT2D eigenvalue weighted by Gasteiger charge is 2.12. The topological polar surface area (TPSA) is 58.1 Å². The fourth-order valence-electron chi connectivity index (χ4n) is 2.93. The first kappa shape index (κ1) is 22.1. The Morgan fingerprint density at radius 3 is 2.18 bits per heavy atom. The van der Waals surface area contributed by atoms with E-state index in [1.54, 1.807) is 7.05 Å². The van der Waals surface area contributed by atoms with Gasteiger partial charge in [-0.25, -0.2) is 0 Å². The van der Waals surface area contributed by atoms with Gasteiger partial charge in [-0.05, 0) is 48.2 Å². The quantitative estimate of drug-likeness (QED) is 0.351. The summed E-state index contributed by atoms with van der Waals surface area (Å²) in [5, 5.41) is 6.72. The molecule has 1 aliphatic heterocycles. The molecule has 152 valence electrons. The van der Waals surface area contributed by atoms with Crippen molar-refractivity contribution in [2.24, 2.45) is 4.99 Å². The third-order valence-electron chi connectivity index (χ3n) is 4.53. The number of hydrogen-bond donors (Lipinski definition) is 2. The average molecular weight is 496 g/mol. The van der Waals surface area contributed by atoms with Crippen LogP contribution in [0.25, 0.3) is 0 Å². The van der Waals surface area contributed by atoms with Gasteiger partial charge in [0.2, 0.25) is 6.79 Å². The molecule has 0 amide bonds. The Hall–Kier alpha value is -2.16. The van der Waals surface area contributed by atoms with Crippen molar-refractivity contribution in [3.8, 4) is 11.5 Å². The number of nitrogens with one attached hydrogen (secondary N) is 2. The maximum absolute atomic E-state index is 5.42. The van der Waals surface area contributed by atoms with E-state index >= 15 is 0 Å². The zero-order chi connectivity index (χ0) is 19.1. The zero-order valence-electron chi connectivity index (χ0n) is 16.7. The van der Waals surface area contributed by atoms with E-state index in [0.29, 0.717) is 6.79 Å². The molecule has 2 aromatic carbocycles. The highest BCUT2D eigenvalue weighted by atomic mass is 127. The van der Waals surface area contributed by atoms with Crippen molar-refractivity contribution in [3.63, 3.8) is 0 Å². The third kappa shape index (κ3) is 6.19. The minimum absolute atomic E-state index is 0. The van der Waals surface area contributed by atoms with Crippen LogP contribution in [0.4, 0.5) is 5.69 Å². The number of nitrogens with zero attached hydrogens (tertiary/aromatic N) is 2. The first-order valence-corrected chi connectivity index (χ1v) is 9.25. The summed E-state index contributed by atoms with van der Waals surface area (Å²) >= 11 is 0. The number of halogens is 1. The van der Waals surface area contributed by atoms with Crippen LogP contribution >= 0.6 is 24.0 Å². The van der Waals surface area contributed by atoms with Gasteiger partial charge in [0.05, 0.1) is 0 Å². The zero-order valence-corrected chi connectivity index (χ0v) is 19.0. The molecule has 0 saturated carbocycles. The fourth-order valence-corrected chi connectivity index (χ4v) is 2.93. The van der Waals surface area contributed by atoms with E-state index in [4.69, 9.17) is 9.47 Å². The maximum Gasteiger partial charge on any atom is 0.231 e. The molecule has 2 aromatic rings. The van der Waals surface area contributed by atoms with Crippen LogP contribution in [0.15, 0.2) is 47.5 Å². The minimum Gasteiger partial charge on any atom is -0.454 e. The molecule has 7 heteroatoms. The van der Waals surface area contributed by atoms with E-state index in [1.165, 1.54) is 16.8 Å². The number of hydrogen-bond acceptors (Lipinski definition) is 4. The summed E-state index contributed by atoms with van der Waals surface area (Å²) in [5.41, 5.74) is 3.74. The molecule has 0 bridgehead atoms. The summed E-state index contributed by atoms with van der Waals surface area (Å²) in [4.78, 5) is 6.39. The fraction of sp³-hybridized carbons (Fsp3) is 0.381. The van der Waals surface area contributed by atoms with Crippen LogP contribution in [0.1, 0.15) is 11.1 Å². The Bertz CT molecular complexity index is 778. The van der Waals surface area contributed by atoms with Gasteiger partial charge in [-0.3, -0.25) is 4.99 Å². The maximum atomic E-state index is 5.42. The largest absolute Gasteiger partial charge is 0.454 e. The SMILES string of the molecule is CN=C(NCCc1ccc(N(C)C)cc1)NCCc1ccc2c(c1)OCO2.I. The second-order valence-electron chi connectivity index (χ2n) is 6.67. The number of benzene rings is 2. The summed E-state index contributed by atoms with van der Waals surface area (Å²) in [7, 11) is 5.90. The second kappa shape index (κ2) is 11.0. The molecule has 0 spiro atoms. The molecule has 3 rings (SSSR count). The number of guanidine groups is 1. The lowest BCUT2D eigenvalue weighted by Gasteiger charge is -2.14. The molecule has 1 heterocycles. The van der Waals surface area contributed by atoms with Gasteiger partial charge in [0, 0.05) is 39.9 Å². The van der Waals surface area contributed by atoms with E-state index in [-0.39, 0.29) is 24.0 Å². The monoisotopic (exact) mass is 496 g/mol. The first-order valence-electron chi connectivity index (χ1n) is 9.25. The molecule has 0 fully saturated rings. The number of ether oxygens (including phenoxy) is 2. The van der Waals surface area contributed by atoms with Crippen molar-refractivity contribution >= 4 is 35.6 Å². The summed E-state index contributed by atoms with van der Waals surface area (Å²) in [6.07, 6.45) is 1.85. The summed E-state index contributed by atoms with van der Waals surface area (Å²) in [6.45, 7) is 1.95. The minimum atomic E-state index is 0. The number of anilines is 1. The Balaban J connectivity index is 0.00000280. The molecule has 0 aliphatic carbocycles. The van der Waals surface area contributed by atoms with Gasteiger partial charge in [-0.1, -0.05) is 18.2 Å². The molecule has 0 unspecified atom stereocenters. The first-order chi connectivity index (χ1) is 13.2. The summed E-state index contributed by atoms with van der Waals surface area (Å²) < 4.78 is 10.8. The Labute approximate surface area is 184 Å².